The number of rotatable bonds is 6. The molecule has 0 saturated carbocycles. The first-order valence-corrected chi connectivity index (χ1v) is 7.11. The SMILES string of the molecule is CCC(CC)(CN)C(=O)Nc1cccc(NC(=O)NC)c1. The average molecular weight is 292 g/mol. The third-order valence-electron chi connectivity index (χ3n) is 3.83. The lowest BCUT2D eigenvalue weighted by atomic mass is 9.81. The highest BCUT2D eigenvalue weighted by Gasteiger charge is 2.33. The van der Waals surface area contributed by atoms with Crippen molar-refractivity contribution in [2.45, 2.75) is 26.7 Å². The Morgan fingerprint density at radius 3 is 2.19 bits per heavy atom. The van der Waals surface area contributed by atoms with Gasteiger partial charge in [-0.3, -0.25) is 4.79 Å². The summed E-state index contributed by atoms with van der Waals surface area (Å²) in [5.74, 6) is -0.0907. The first kappa shape index (κ1) is 17.0. The van der Waals surface area contributed by atoms with Crippen molar-refractivity contribution in [2.24, 2.45) is 11.1 Å². The van der Waals surface area contributed by atoms with Crippen LogP contribution < -0.4 is 21.7 Å². The highest BCUT2D eigenvalue weighted by atomic mass is 16.2. The van der Waals surface area contributed by atoms with Gasteiger partial charge in [-0.05, 0) is 31.0 Å². The molecule has 0 aliphatic heterocycles. The monoisotopic (exact) mass is 292 g/mol. The van der Waals surface area contributed by atoms with Crippen LogP contribution in [0.25, 0.3) is 0 Å². The first-order valence-electron chi connectivity index (χ1n) is 7.11. The standard InChI is InChI=1S/C15H24N4O2/c1-4-15(5-2,10-16)13(20)18-11-7-6-8-12(9-11)19-14(21)17-3/h6-9H,4-5,10,16H2,1-3H3,(H,18,20)(H2,17,19,21). The van der Waals surface area contributed by atoms with Gasteiger partial charge in [-0.2, -0.15) is 0 Å². The molecule has 116 valence electrons. The predicted octanol–water partition coefficient (Wildman–Crippen LogP) is 2.14. The van der Waals surface area contributed by atoms with Crippen molar-refractivity contribution >= 4 is 23.3 Å². The van der Waals surface area contributed by atoms with Gasteiger partial charge < -0.3 is 21.7 Å². The first-order chi connectivity index (χ1) is 10.0. The lowest BCUT2D eigenvalue weighted by molar-refractivity contribution is -0.125. The van der Waals surface area contributed by atoms with E-state index in [-0.39, 0.29) is 11.9 Å². The van der Waals surface area contributed by atoms with E-state index in [1.807, 2.05) is 13.8 Å². The van der Waals surface area contributed by atoms with Gasteiger partial charge >= 0.3 is 6.03 Å². The fourth-order valence-corrected chi connectivity index (χ4v) is 2.08. The minimum Gasteiger partial charge on any atom is -0.341 e. The van der Waals surface area contributed by atoms with E-state index >= 15 is 0 Å². The molecular formula is C15H24N4O2. The van der Waals surface area contributed by atoms with Gasteiger partial charge in [-0.1, -0.05) is 19.9 Å². The summed E-state index contributed by atoms with van der Waals surface area (Å²) in [4.78, 5) is 23.7. The molecule has 5 N–H and O–H groups in total. The Morgan fingerprint density at radius 2 is 1.71 bits per heavy atom. The van der Waals surface area contributed by atoms with E-state index in [2.05, 4.69) is 16.0 Å². The predicted molar refractivity (Wildman–Crippen MR) is 85.2 cm³/mol. The zero-order valence-electron chi connectivity index (χ0n) is 12.8. The third kappa shape index (κ3) is 4.19. The Balaban J connectivity index is 2.85. The second-order valence-corrected chi connectivity index (χ2v) is 4.93. The maximum Gasteiger partial charge on any atom is 0.318 e. The Kier molecular flexibility index (Phi) is 6.17. The van der Waals surface area contributed by atoms with Gasteiger partial charge in [0.15, 0.2) is 0 Å². The molecule has 1 aromatic carbocycles. The van der Waals surface area contributed by atoms with Crippen LogP contribution in [0.15, 0.2) is 24.3 Å². The van der Waals surface area contributed by atoms with Crippen molar-refractivity contribution in [3.8, 4) is 0 Å². The van der Waals surface area contributed by atoms with Crippen LogP contribution in [0, 0.1) is 5.41 Å². The fraction of sp³-hybridized carbons (Fsp3) is 0.467. The van der Waals surface area contributed by atoms with E-state index in [0.717, 1.165) is 0 Å². The summed E-state index contributed by atoms with van der Waals surface area (Å²) in [6.45, 7) is 4.22. The van der Waals surface area contributed by atoms with Gasteiger partial charge in [0.2, 0.25) is 5.91 Å². The van der Waals surface area contributed by atoms with Gasteiger partial charge in [-0.25, -0.2) is 4.79 Å². The molecular weight excluding hydrogens is 268 g/mol. The summed E-state index contributed by atoms with van der Waals surface area (Å²) in [6, 6.07) is 6.69. The summed E-state index contributed by atoms with van der Waals surface area (Å²) in [5, 5.41) is 8.01. The molecule has 0 unspecified atom stereocenters. The lowest BCUT2D eigenvalue weighted by Crippen LogP contribution is -2.41. The lowest BCUT2D eigenvalue weighted by Gasteiger charge is -2.28. The molecule has 0 aliphatic rings. The summed E-state index contributed by atoms with van der Waals surface area (Å²) in [5.41, 5.74) is 6.46. The number of nitrogens with two attached hydrogens (primary N) is 1. The number of nitrogens with one attached hydrogen (secondary N) is 3. The van der Waals surface area contributed by atoms with Crippen LogP contribution in [-0.2, 0) is 4.79 Å². The second kappa shape index (κ2) is 7.64. The maximum atomic E-state index is 12.4. The molecule has 0 heterocycles. The largest absolute Gasteiger partial charge is 0.341 e. The summed E-state index contributed by atoms with van der Waals surface area (Å²) in [6.07, 6.45) is 1.37. The van der Waals surface area contributed by atoms with Gasteiger partial charge in [0.1, 0.15) is 0 Å². The molecule has 0 atom stereocenters. The zero-order valence-corrected chi connectivity index (χ0v) is 12.8. The number of carbonyl (C=O) groups excluding carboxylic acids is 2. The van der Waals surface area contributed by atoms with Gasteiger partial charge in [0.05, 0.1) is 5.41 Å². The molecule has 0 radical (unpaired) electrons. The molecule has 0 bridgehead atoms. The number of amides is 3. The van der Waals surface area contributed by atoms with E-state index in [1.54, 1.807) is 31.3 Å². The van der Waals surface area contributed by atoms with Crippen molar-refractivity contribution < 1.29 is 9.59 Å². The minimum atomic E-state index is -0.551. The van der Waals surface area contributed by atoms with Crippen LogP contribution in [0.1, 0.15) is 26.7 Å². The van der Waals surface area contributed by atoms with E-state index in [4.69, 9.17) is 5.73 Å². The molecule has 3 amide bonds. The quantitative estimate of drug-likeness (QED) is 0.646. The molecule has 0 saturated heterocycles. The van der Waals surface area contributed by atoms with Crippen LogP contribution >= 0.6 is 0 Å². The van der Waals surface area contributed by atoms with Gasteiger partial charge in [-0.15, -0.1) is 0 Å². The number of carbonyl (C=O) groups is 2. The zero-order chi connectivity index (χ0) is 15.9. The highest BCUT2D eigenvalue weighted by molar-refractivity contribution is 5.96. The van der Waals surface area contributed by atoms with Crippen LogP contribution in [0.2, 0.25) is 0 Å². The number of hydrogen-bond acceptors (Lipinski definition) is 3. The molecule has 1 rings (SSSR count). The molecule has 6 nitrogen and oxygen atoms in total. The molecule has 0 spiro atoms. The Morgan fingerprint density at radius 1 is 1.14 bits per heavy atom. The summed E-state index contributed by atoms with van der Waals surface area (Å²) in [7, 11) is 1.54. The third-order valence-corrected chi connectivity index (χ3v) is 3.83. The molecule has 6 heteroatoms. The van der Waals surface area contributed by atoms with Crippen molar-refractivity contribution in [3.05, 3.63) is 24.3 Å². The molecule has 0 aromatic heterocycles. The fourth-order valence-electron chi connectivity index (χ4n) is 2.08. The second-order valence-electron chi connectivity index (χ2n) is 4.93. The Bertz CT molecular complexity index is 490. The number of benzene rings is 1. The Hall–Kier alpha value is -2.08. The van der Waals surface area contributed by atoms with Crippen molar-refractivity contribution in [1.29, 1.82) is 0 Å². The van der Waals surface area contributed by atoms with E-state index in [1.165, 1.54) is 0 Å². The van der Waals surface area contributed by atoms with Crippen molar-refractivity contribution in [3.63, 3.8) is 0 Å². The number of hydrogen-bond donors (Lipinski definition) is 4. The van der Waals surface area contributed by atoms with Crippen LogP contribution in [-0.4, -0.2) is 25.5 Å². The normalized spacial score (nSPS) is 10.9. The number of urea groups is 1. The van der Waals surface area contributed by atoms with Crippen molar-refractivity contribution in [2.75, 3.05) is 24.2 Å². The van der Waals surface area contributed by atoms with E-state index < -0.39 is 5.41 Å². The van der Waals surface area contributed by atoms with Crippen LogP contribution in [0.3, 0.4) is 0 Å². The van der Waals surface area contributed by atoms with Crippen molar-refractivity contribution in [1.82, 2.24) is 5.32 Å². The van der Waals surface area contributed by atoms with E-state index in [9.17, 15) is 9.59 Å². The van der Waals surface area contributed by atoms with Gasteiger partial charge in [0, 0.05) is 25.0 Å². The molecule has 0 aliphatic carbocycles. The molecule has 1 aromatic rings. The summed E-state index contributed by atoms with van der Waals surface area (Å²) >= 11 is 0. The maximum absolute atomic E-state index is 12.4. The average Bonchev–Trinajstić information content (AvgIpc) is 2.50. The molecule has 21 heavy (non-hydrogen) atoms. The summed E-state index contributed by atoms with van der Waals surface area (Å²) < 4.78 is 0. The Labute approximate surface area is 125 Å². The topological polar surface area (TPSA) is 96.2 Å². The van der Waals surface area contributed by atoms with Crippen LogP contribution in [0.4, 0.5) is 16.2 Å². The van der Waals surface area contributed by atoms with Crippen LogP contribution in [0.5, 0.6) is 0 Å². The highest BCUT2D eigenvalue weighted by Crippen LogP contribution is 2.27. The van der Waals surface area contributed by atoms with E-state index in [0.29, 0.717) is 30.8 Å². The molecule has 0 fully saturated rings. The smallest absolute Gasteiger partial charge is 0.318 e. The minimum absolute atomic E-state index is 0.0907. The number of anilines is 2. The van der Waals surface area contributed by atoms with Gasteiger partial charge in [0.25, 0.3) is 0 Å².